The number of hydrogen-bond acceptors (Lipinski definition) is 4. The van der Waals surface area contributed by atoms with Gasteiger partial charge in [0.1, 0.15) is 5.75 Å². The molecule has 1 atom stereocenters. The van der Waals surface area contributed by atoms with Crippen LogP contribution >= 0.6 is 11.6 Å². The normalized spacial score (nSPS) is 20.3. The fourth-order valence-electron chi connectivity index (χ4n) is 2.12. The van der Waals surface area contributed by atoms with E-state index in [4.69, 9.17) is 11.6 Å². The molecule has 0 bridgehead atoms. The molecule has 2 rings (SSSR count). The van der Waals surface area contributed by atoms with Crippen molar-refractivity contribution in [2.75, 3.05) is 23.4 Å². The maximum Gasteiger partial charge on any atom is 0.422 e. The highest BCUT2D eigenvalue weighted by molar-refractivity contribution is 7.91. The highest BCUT2D eigenvalue weighted by atomic mass is 35.5. The minimum absolute atomic E-state index is 0.0314. The van der Waals surface area contributed by atoms with Crippen LogP contribution in [0.25, 0.3) is 0 Å². The van der Waals surface area contributed by atoms with Gasteiger partial charge in [-0.2, -0.15) is 13.2 Å². The van der Waals surface area contributed by atoms with Crippen LogP contribution < -0.4 is 10.1 Å². The first-order valence-corrected chi connectivity index (χ1v) is 8.76. The number of hydrogen-bond donors (Lipinski definition) is 1. The SMILES string of the molecule is O=C(Nc1cc(Cl)ccc1OCC(F)(F)F)[C@@H]1CCS(=O)(=O)C1. The summed E-state index contributed by atoms with van der Waals surface area (Å²) in [6, 6.07) is 3.77. The Balaban J connectivity index is 2.12. The number of sulfone groups is 1. The molecule has 1 aliphatic rings. The molecule has 10 heteroatoms. The molecular formula is C13H13ClF3NO4S. The maximum absolute atomic E-state index is 12.2. The second-order valence-corrected chi connectivity index (χ2v) is 7.80. The van der Waals surface area contributed by atoms with E-state index in [0.29, 0.717) is 0 Å². The van der Waals surface area contributed by atoms with E-state index < -0.39 is 34.4 Å². The lowest BCUT2D eigenvalue weighted by atomic mass is 10.1. The molecule has 1 aromatic rings. The number of halogens is 4. The number of benzene rings is 1. The molecule has 1 amide bonds. The van der Waals surface area contributed by atoms with E-state index in [-0.39, 0.29) is 34.4 Å². The molecule has 0 saturated carbocycles. The Morgan fingerprint density at radius 2 is 2.09 bits per heavy atom. The Hall–Kier alpha value is -1.48. The summed E-state index contributed by atoms with van der Waals surface area (Å²) in [4.78, 5) is 12.1. The molecule has 1 aromatic carbocycles. The molecule has 0 unspecified atom stereocenters. The average molecular weight is 372 g/mol. The largest absolute Gasteiger partial charge is 0.482 e. The zero-order valence-electron chi connectivity index (χ0n) is 11.7. The lowest BCUT2D eigenvalue weighted by Gasteiger charge is -2.15. The number of ether oxygens (including phenoxy) is 1. The van der Waals surface area contributed by atoms with Gasteiger partial charge in [0, 0.05) is 5.02 Å². The molecule has 0 radical (unpaired) electrons. The molecule has 0 aliphatic carbocycles. The summed E-state index contributed by atoms with van der Waals surface area (Å²) < 4.78 is 64.1. The molecule has 1 N–H and O–H groups in total. The summed E-state index contributed by atoms with van der Waals surface area (Å²) in [5.74, 6) is -1.89. The average Bonchev–Trinajstić information content (AvgIpc) is 2.77. The van der Waals surface area contributed by atoms with Gasteiger partial charge >= 0.3 is 6.18 Å². The lowest BCUT2D eigenvalue weighted by molar-refractivity contribution is -0.153. The first-order valence-electron chi connectivity index (χ1n) is 6.56. The first-order chi connectivity index (χ1) is 10.6. The van der Waals surface area contributed by atoms with Crippen molar-refractivity contribution in [1.29, 1.82) is 0 Å². The van der Waals surface area contributed by atoms with E-state index in [1.807, 2.05) is 0 Å². The van der Waals surface area contributed by atoms with Crippen LogP contribution in [0.4, 0.5) is 18.9 Å². The van der Waals surface area contributed by atoms with Crippen molar-refractivity contribution in [3.05, 3.63) is 23.2 Å². The fraction of sp³-hybridized carbons (Fsp3) is 0.462. The summed E-state index contributed by atoms with van der Waals surface area (Å²) in [5.41, 5.74) is -0.0314. The Morgan fingerprint density at radius 1 is 1.39 bits per heavy atom. The highest BCUT2D eigenvalue weighted by Crippen LogP contribution is 2.31. The van der Waals surface area contributed by atoms with Crippen LogP contribution in [-0.2, 0) is 14.6 Å². The third-order valence-electron chi connectivity index (χ3n) is 3.19. The van der Waals surface area contributed by atoms with Crippen molar-refractivity contribution in [2.45, 2.75) is 12.6 Å². The summed E-state index contributed by atoms with van der Waals surface area (Å²) in [5, 5.41) is 2.58. The van der Waals surface area contributed by atoms with Crippen molar-refractivity contribution < 1.29 is 31.1 Å². The number of carbonyl (C=O) groups excluding carboxylic acids is 1. The van der Waals surface area contributed by atoms with E-state index in [0.717, 1.165) is 0 Å². The molecule has 1 heterocycles. The van der Waals surface area contributed by atoms with Gasteiger partial charge in [-0.15, -0.1) is 0 Å². The molecular weight excluding hydrogens is 359 g/mol. The van der Waals surface area contributed by atoms with Gasteiger partial charge in [0.25, 0.3) is 0 Å². The molecule has 1 fully saturated rings. The van der Waals surface area contributed by atoms with Crippen LogP contribution in [0.1, 0.15) is 6.42 Å². The number of rotatable bonds is 4. The van der Waals surface area contributed by atoms with Crippen LogP contribution in [0.15, 0.2) is 18.2 Å². The summed E-state index contributed by atoms with van der Waals surface area (Å²) in [6.45, 7) is -1.52. The Morgan fingerprint density at radius 3 is 2.65 bits per heavy atom. The van der Waals surface area contributed by atoms with E-state index in [9.17, 15) is 26.4 Å². The number of alkyl halides is 3. The van der Waals surface area contributed by atoms with Gasteiger partial charge in [-0.25, -0.2) is 8.42 Å². The molecule has 128 valence electrons. The van der Waals surface area contributed by atoms with Crippen molar-refractivity contribution in [2.24, 2.45) is 5.92 Å². The molecule has 5 nitrogen and oxygen atoms in total. The van der Waals surface area contributed by atoms with E-state index in [2.05, 4.69) is 10.1 Å². The Kier molecular flexibility index (Phi) is 5.10. The topological polar surface area (TPSA) is 72.5 Å². The Labute approximate surface area is 135 Å². The summed E-state index contributed by atoms with van der Waals surface area (Å²) >= 11 is 5.77. The summed E-state index contributed by atoms with van der Waals surface area (Å²) in [6.07, 6.45) is -4.35. The third-order valence-corrected chi connectivity index (χ3v) is 5.20. The highest BCUT2D eigenvalue weighted by Gasteiger charge is 2.33. The van der Waals surface area contributed by atoms with Crippen LogP contribution in [0.3, 0.4) is 0 Å². The zero-order valence-corrected chi connectivity index (χ0v) is 13.3. The predicted molar refractivity (Wildman–Crippen MR) is 78.4 cm³/mol. The third kappa shape index (κ3) is 5.28. The Bertz CT molecular complexity index is 706. The fourth-order valence-corrected chi connectivity index (χ4v) is 4.04. The first kappa shape index (κ1) is 17.9. The lowest BCUT2D eigenvalue weighted by Crippen LogP contribution is -2.25. The van der Waals surface area contributed by atoms with E-state index in [1.165, 1.54) is 18.2 Å². The van der Waals surface area contributed by atoms with Crippen molar-refractivity contribution in [3.8, 4) is 5.75 Å². The molecule has 0 aromatic heterocycles. The van der Waals surface area contributed by atoms with Gasteiger partial charge in [0.05, 0.1) is 23.1 Å². The van der Waals surface area contributed by atoms with Crippen LogP contribution in [0.5, 0.6) is 5.75 Å². The predicted octanol–water partition coefficient (Wildman–Crippen LogP) is 2.65. The second-order valence-electron chi connectivity index (χ2n) is 5.13. The number of carbonyl (C=O) groups is 1. The minimum atomic E-state index is -4.53. The van der Waals surface area contributed by atoms with E-state index in [1.54, 1.807) is 0 Å². The van der Waals surface area contributed by atoms with Gasteiger partial charge in [-0.1, -0.05) is 11.6 Å². The number of anilines is 1. The van der Waals surface area contributed by atoms with Gasteiger partial charge < -0.3 is 10.1 Å². The summed E-state index contributed by atoms with van der Waals surface area (Å²) in [7, 11) is -3.25. The molecule has 23 heavy (non-hydrogen) atoms. The van der Waals surface area contributed by atoms with Gasteiger partial charge in [0.15, 0.2) is 16.4 Å². The quantitative estimate of drug-likeness (QED) is 0.883. The van der Waals surface area contributed by atoms with Gasteiger partial charge in [-0.3, -0.25) is 4.79 Å². The molecule has 0 spiro atoms. The second kappa shape index (κ2) is 6.56. The van der Waals surface area contributed by atoms with Gasteiger partial charge in [-0.05, 0) is 24.6 Å². The smallest absolute Gasteiger partial charge is 0.422 e. The number of amides is 1. The van der Waals surface area contributed by atoms with Gasteiger partial charge in [0.2, 0.25) is 5.91 Å². The van der Waals surface area contributed by atoms with Crippen molar-refractivity contribution >= 4 is 33.0 Å². The van der Waals surface area contributed by atoms with E-state index >= 15 is 0 Å². The number of nitrogens with one attached hydrogen (secondary N) is 1. The van der Waals surface area contributed by atoms with Crippen LogP contribution in [0, 0.1) is 5.92 Å². The van der Waals surface area contributed by atoms with Crippen LogP contribution in [0.2, 0.25) is 5.02 Å². The van der Waals surface area contributed by atoms with Crippen molar-refractivity contribution in [3.63, 3.8) is 0 Å². The monoisotopic (exact) mass is 371 g/mol. The zero-order chi connectivity index (χ0) is 17.3. The standard InChI is InChI=1S/C13H13ClF3NO4S/c14-9-1-2-11(22-7-13(15,16)17)10(5-9)18-12(19)8-3-4-23(20,21)6-8/h1-2,5,8H,3-4,6-7H2,(H,18,19)/t8-/m1/s1. The van der Waals surface area contributed by atoms with Crippen molar-refractivity contribution in [1.82, 2.24) is 0 Å². The minimum Gasteiger partial charge on any atom is -0.482 e. The molecule has 1 saturated heterocycles. The maximum atomic E-state index is 12.2. The molecule has 1 aliphatic heterocycles. The van der Waals surface area contributed by atoms with Crippen LogP contribution in [-0.4, -0.2) is 38.6 Å².